The first-order valence-corrected chi connectivity index (χ1v) is 9.40. The highest BCUT2D eigenvalue weighted by molar-refractivity contribution is 5.99. The number of carbonyl (C=O) groups excluding carboxylic acids is 1. The lowest BCUT2D eigenvalue weighted by atomic mass is 10.1. The monoisotopic (exact) mass is 418 g/mol. The third kappa shape index (κ3) is 4.61. The number of carbonyl (C=O) groups is 1. The van der Waals surface area contributed by atoms with Gasteiger partial charge >= 0.3 is 0 Å². The van der Waals surface area contributed by atoms with Gasteiger partial charge in [0, 0.05) is 18.3 Å². The number of anilines is 2. The minimum absolute atomic E-state index is 0.00278. The number of nitrogens with zero attached hydrogens (tertiary/aromatic N) is 5. The van der Waals surface area contributed by atoms with Crippen molar-refractivity contribution in [1.29, 1.82) is 0 Å². The summed E-state index contributed by atoms with van der Waals surface area (Å²) in [5.74, 6) is -0.0212. The van der Waals surface area contributed by atoms with Gasteiger partial charge in [0.15, 0.2) is 11.8 Å². The lowest BCUT2D eigenvalue weighted by Crippen LogP contribution is -2.39. The lowest BCUT2D eigenvalue weighted by molar-refractivity contribution is 0.0759. The number of hydrogen-bond acceptors (Lipinski definition) is 7. The highest BCUT2D eigenvalue weighted by atomic mass is 19.2. The molecule has 9 nitrogen and oxygen atoms in total. The summed E-state index contributed by atoms with van der Waals surface area (Å²) in [5, 5.41) is 5.59. The maximum atomic E-state index is 13.9. The van der Waals surface area contributed by atoms with E-state index in [2.05, 4.69) is 30.6 Å². The Hall–Kier alpha value is -3.37. The number of imidazole rings is 1. The molecule has 3 aromatic heterocycles. The maximum absolute atomic E-state index is 13.9. The van der Waals surface area contributed by atoms with Crippen molar-refractivity contribution in [3.8, 4) is 5.82 Å². The van der Waals surface area contributed by atoms with Gasteiger partial charge in [-0.1, -0.05) is 0 Å². The van der Waals surface area contributed by atoms with Gasteiger partial charge in [-0.3, -0.25) is 9.36 Å². The van der Waals surface area contributed by atoms with E-state index in [1.807, 2.05) is 13.8 Å². The molecule has 4 N–H and O–H groups in total. The minimum atomic E-state index is -2.05. The van der Waals surface area contributed by atoms with Gasteiger partial charge in [0.25, 0.3) is 5.91 Å². The second-order valence-corrected chi connectivity index (χ2v) is 7.68. The van der Waals surface area contributed by atoms with Gasteiger partial charge in [-0.05, 0) is 27.7 Å². The summed E-state index contributed by atoms with van der Waals surface area (Å²) in [7, 11) is 0. The molecule has 3 rings (SSSR count). The van der Waals surface area contributed by atoms with Crippen molar-refractivity contribution in [1.82, 2.24) is 29.8 Å². The Kier molecular flexibility index (Phi) is 5.81. The van der Waals surface area contributed by atoms with E-state index in [0.717, 1.165) is 13.8 Å². The molecule has 3 aromatic rings. The van der Waals surface area contributed by atoms with Crippen LogP contribution in [0.5, 0.6) is 0 Å². The standard InChI is InChI=1S/C19H24F2N8O/c1-10(2)27-12-5-15(29-9-26-13-7-25-18(22)28-16(13)29)23-6-11(12)17(30)24-8-14(20)19(3,4)21/h5-7,9-10,14H,8H2,1-4H3,(H,23,27)(H,24,30)(H2,22,25,28)/t14-/m1/s1. The van der Waals surface area contributed by atoms with Crippen LogP contribution < -0.4 is 16.4 Å². The number of alkyl halides is 2. The SMILES string of the molecule is CC(C)Nc1cc(-n2cnc3cnc(N)nc32)ncc1C(=O)NC[C@@H](F)C(C)(C)F. The molecule has 0 saturated heterocycles. The molecule has 0 fully saturated rings. The van der Waals surface area contributed by atoms with E-state index in [1.165, 1.54) is 18.7 Å². The molecule has 0 aromatic carbocycles. The molecule has 0 spiro atoms. The van der Waals surface area contributed by atoms with Gasteiger partial charge in [-0.15, -0.1) is 0 Å². The predicted octanol–water partition coefficient (Wildman–Crippen LogP) is 2.43. The zero-order chi connectivity index (χ0) is 22.1. The number of nitrogens with two attached hydrogens (primary N) is 1. The van der Waals surface area contributed by atoms with E-state index in [4.69, 9.17) is 5.73 Å². The van der Waals surface area contributed by atoms with Crippen molar-refractivity contribution < 1.29 is 13.6 Å². The molecule has 0 unspecified atom stereocenters. The molecule has 0 aliphatic carbocycles. The Morgan fingerprint density at radius 2 is 2.00 bits per heavy atom. The van der Waals surface area contributed by atoms with Crippen molar-refractivity contribution >= 4 is 28.7 Å². The number of rotatable bonds is 7. The average Bonchev–Trinajstić information content (AvgIpc) is 3.07. The number of nitrogen functional groups attached to an aromatic ring is 1. The first kappa shape index (κ1) is 21.3. The topological polar surface area (TPSA) is 124 Å². The molecule has 160 valence electrons. The number of nitrogens with one attached hydrogen (secondary N) is 2. The molecule has 0 radical (unpaired) electrons. The molecule has 30 heavy (non-hydrogen) atoms. The molecule has 1 amide bonds. The minimum Gasteiger partial charge on any atom is -0.382 e. The fraction of sp³-hybridized carbons (Fsp3) is 0.421. The van der Waals surface area contributed by atoms with E-state index >= 15 is 0 Å². The first-order valence-electron chi connectivity index (χ1n) is 9.40. The zero-order valence-electron chi connectivity index (χ0n) is 17.1. The van der Waals surface area contributed by atoms with Crippen LogP contribution in [-0.2, 0) is 0 Å². The van der Waals surface area contributed by atoms with Crippen LogP contribution in [0.3, 0.4) is 0 Å². The number of aromatic nitrogens is 5. The Morgan fingerprint density at radius 3 is 2.67 bits per heavy atom. The van der Waals surface area contributed by atoms with Crippen LogP contribution in [0.15, 0.2) is 24.8 Å². The summed E-state index contributed by atoms with van der Waals surface area (Å²) < 4.78 is 29.2. The maximum Gasteiger partial charge on any atom is 0.255 e. The summed E-state index contributed by atoms with van der Waals surface area (Å²) in [4.78, 5) is 29.2. The first-order chi connectivity index (χ1) is 14.1. The number of hydrogen-bond donors (Lipinski definition) is 3. The molecule has 3 heterocycles. The lowest BCUT2D eigenvalue weighted by Gasteiger charge is -2.20. The zero-order valence-corrected chi connectivity index (χ0v) is 17.1. The summed E-state index contributed by atoms with van der Waals surface area (Å²) in [6.45, 7) is 5.61. The van der Waals surface area contributed by atoms with Gasteiger partial charge in [0.2, 0.25) is 5.95 Å². The quantitative estimate of drug-likeness (QED) is 0.538. The summed E-state index contributed by atoms with van der Waals surface area (Å²) >= 11 is 0. The van der Waals surface area contributed by atoms with Crippen LogP contribution >= 0.6 is 0 Å². The van der Waals surface area contributed by atoms with Crippen molar-refractivity contribution in [2.45, 2.75) is 45.6 Å². The average molecular weight is 418 g/mol. The Balaban J connectivity index is 1.93. The normalized spacial score (nSPS) is 12.9. The number of fused-ring (bicyclic) bond motifs is 1. The molecule has 0 saturated carbocycles. The molecule has 0 aliphatic heterocycles. The smallest absolute Gasteiger partial charge is 0.255 e. The van der Waals surface area contributed by atoms with Crippen molar-refractivity contribution in [3.63, 3.8) is 0 Å². The fourth-order valence-electron chi connectivity index (χ4n) is 2.70. The van der Waals surface area contributed by atoms with Crippen LogP contribution in [0.25, 0.3) is 17.0 Å². The van der Waals surface area contributed by atoms with Crippen LogP contribution in [0.2, 0.25) is 0 Å². The van der Waals surface area contributed by atoms with Crippen molar-refractivity contribution in [3.05, 3.63) is 30.4 Å². The van der Waals surface area contributed by atoms with Gasteiger partial charge in [-0.2, -0.15) is 4.98 Å². The van der Waals surface area contributed by atoms with E-state index in [9.17, 15) is 13.6 Å². The summed E-state index contributed by atoms with van der Waals surface area (Å²) in [6.07, 6.45) is 2.55. The second-order valence-electron chi connectivity index (χ2n) is 7.68. The molecule has 11 heteroatoms. The van der Waals surface area contributed by atoms with Gasteiger partial charge in [-0.25, -0.2) is 23.7 Å². The Labute approximate surface area is 172 Å². The fourth-order valence-corrected chi connectivity index (χ4v) is 2.70. The van der Waals surface area contributed by atoms with Gasteiger partial charge in [0.1, 0.15) is 23.3 Å². The number of pyridine rings is 1. The molecular formula is C19H24F2N8O. The highest BCUT2D eigenvalue weighted by Gasteiger charge is 2.29. The Morgan fingerprint density at radius 1 is 1.27 bits per heavy atom. The van der Waals surface area contributed by atoms with E-state index in [1.54, 1.807) is 10.6 Å². The molecule has 0 aliphatic rings. The summed E-state index contributed by atoms with van der Waals surface area (Å²) in [5.41, 5.74) is 5.30. The van der Waals surface area contributed by atoms with Crippen LogP contribution in [-0.4, -0.2) is 54.8 Å². The third-order valence-corrected chi connectivity index (χ3v) is 4.32. The largest absolute Gasteiger partial charge is 0.382 e. The van der Waals surface area contributed by atoms with Gasteiger partial charge < -0.3 is 16.4 Å². The van der Waals surface area contributed by atoms with Crippen LogP contribution in [0.1, 0.15) is 38.1 Å². The third-order valence-electron chi connectivity index (χ3n) is 4.32. The molecule has 0 bridgehead atoms. The van der Waals surface area contributed by atoms with E-state index < -0.39 is 24.3 Å². The Bertz CT molecular complexity index is 1060. The van der Waals surface area contributed by atoms with Crippen molar-refractivity contribution in [2.75, 3.05) is 17.6 Å². The number of amides is 1. The van der Waals surface area contributed by atoms with Crippen molar-refractivity contribution in [2.24, 2.45) is 0 Å². The van der Waals surface area contributed by atoms with Crippen LogP contribution in [0, 0.1) is 0 Å². The van der Waals surface area contributed by atoms with E-state index in [0.29, 0.717) is 22.7 Å². The van der Waals surface area contributed by atoms with Crippen LogP contribution in [0.4, 0.5) is 20.4 Å². The predicted molar refractivity (Wildman–Crippen MR) is 110 cm³/mol. The second kappa shape index (κ2) is 8.17. The highest BCUT2D eigenvalue weighted by Crippen LogP contribution is 2.22. The molecular weight excluding hydrogens is 394 g/mol. The van der Waals surface area contributed by atoms with E-state index in [-0.39, 0.29) is 17.6 Å². The van der Waals surface area contributed by atoms with Gasteiger partial charge in [0.05, 0.1) is 24.0 Å². The molecule has 1 atom stereocenters. The number of halogens is 2. The summed E-state index contributed by atoms with van der Waals surface area (Å²) in [6, 6.07) is 1.66.